The molecular formula is C34H70O11Si. The van der Waals surface area contributed by atoms with E-state index in [0.717, 1.165) is 12.8 Å². The van der Waals surface area contributed by atoms with Crippen LogP contribution in [0, 0.1) is 0 Å². The standard InChI is InChI=1S/C34H70O11Si/c1-7-8-9-10-11-12-13-14-33(35)44-31-29-42-27-25-40-23-21-38-19-17-36-15-16-37-18-20-39-22-24-41-26-28-43-30-32-45-46(5,6)34(2,3)4/h7-32H2,1-6H3. The maximum Gasteiger partial charge on any atom is 0.305 e. The van der Waals surface area contributed by atoms with Crippen molar-refractivity contribution in [2.45, 2.75) is 97.2 Å². The number of ether oxygens (including phenoxy) is 9. The van der Waals surface area contributed by atoms with E-state index in [4.69, 9.17) is 47.1 Å². The third-order valence-electron chi connectivity index (χ3n) is 7.58. The van der Waals surface area contributed by atoms with Gasteiger partial charge in [0, 0.05) is 6.42 Å². The van der Waals surface area contributed by atoms with Gasteiger partial charge in [-0.25, -0.2) is 0 Å². The van der Waals surface area contributed by atoms with Gasteiger partial charge in [0.1, 0.15) is 6.61 Å². The van der Waals surface area contributed by atoms with Gasteiger partial charge < -0.3 is 47.1 Å². The van der Waals surface area contributed by atoms with Crippen LogP contribution < -0.4 is 0 Å². The van der Waals surface area contributed by atoms with Gasteiger partial charge in [0.05, 0.1) is 112 Å². The molecule has 0 aliphatic carbocycles. The lowest BCUT2D eigenvalue weighted by Crippen LogP contribution is -2.41. The van der Waals surface area contributed by atoms with E-state index in [1.54, 1.807) is 0 Å². The summed E-state index contributed by atoms with van der Waals surface area (Å²) in [6.45, 7) is 22.5. The van der Waals surface area contributed by atoms with Gasteiger partial charge >= 0.3 is 5.97 Å². The highest BCUT2D eigenvalue weighted by atomic mass is 28.4. The molecule has 0 heterocycles. The minimum absolute atomic E-state index is 0.137. The number of carbonyl (C=O) groups is 1. The highest BCUT2D eigenvalue weighted by molar-refractivity contribution is 6.74. The summed E-state index contributed by atoms with van der Waals surface area (Å²) in [6.07, 6.45) is 8.82. The smallest absolute Gasteiger partial charge is 0.305 e. The zero-order chi connectivity index (χ0) is 34.0. The summed E-state index contributed by atoms with van der Waals surface area (Å²) in [5, 5.41) is 0.217. The first-order valence-corrected chi connectivity index (χ1v) is 20.5. The van der Waals surface area contributed by atoms with Crippen molar-refractivity contribution in [2.75, 3.05) is 119 Å². The molecule has 46 heavy (non-hydrogen) atoms. The zero-order valence-corrected chi connectivity index (χ0v) is 31.4. The number of hydrogen-bond donors (Lipinski definition) is 0. The summed E-state index contributed by atoms with van der Waals surface area (Å²) in [6, 6.07) is 0. The Morgan fingerprint density at radius 2 is 0.761 bits per heavy atom. The Kier molecular flexibility index (Phi) is 32.4. The largest absolute Gasteiger partial charge is 0.463 e. The minimum atomic E-state index is -1.70. The lowest BCUT2D eigenvalue weighted by molar-refractivity contribution is -0.145. The molecule has 0 N–H and O–H groups in total. The molecule has 0 atom stereocenters. The van der Waals surface area contributed by atoms with Crippen LogP contribution in [-0.2, 0) is 51.9 Å². The molecular weight excluding hydrogens is 612 g/mol. The monoisotopic (exact) mass is 682 g/mol. The second-order valence-electron chi connectivity index (χ2n) is 12.6. The van der Waals surface area contributed by atoms with Crippen LogP contribution in [0.5, 0.6) is 0 Å². The van der Waals surface area contributed by atoms with E-state index in [9.17, 15) is 4.79 Å². The van der Waals surface area contributed by atoms with Gasteiger partial charge in [0.25, 0.3) is 0 Å². The molecule has 0 rings (SSSR count). The Hall–Kier alpha value is -0.673. The number of hydrogen-bond acceptors (Lipinski definition) is 11. The second kappa shape index (κ2) is 32.9. The lowest BCUT2D eigenvalue weighted by Gasteiger charge is -2.36. The molecule has 0 aromatic rings. The fourth-order valence-electron chi connectivity index (χ4n) is 3.73. The van der Waals surface area contributed by atoms with Gasteiger partial charge in [-0.3, -0.25) is 4.79 Å². The van der Waals surface area contributed by atoms with Gasteiger partial charge in [0.2, 0.25) is 0 Å². The van der Waals surface area contributed by atoms with Crippen molar-refractivity contribution in [1.82, 2.24) is 0 Å². The Morgan fingerprint density at radius 1 is 0.457 bits per heavy atom. The first-order valence-electron chi connectivity index (χ1n) is 17.6. The van der Waals surface area contributed by atoms with Crippen LogP contribution in [0.4, 0.5) is 0 Å². The summed E-state index contributed by atoms with van der Waals surface area (Å²) in [5.41, 5.74) is 0. The van der Waals surface area contributed by atoms with E-state index < -0.39 is 8.32 Å². The topological polar surface area (TPSA) is 109 Å². The molecule has 0 bridgehead atoms. The average molecular weight is 683 g/mol. The molecule has 0 unspecified atom stereocenters. The summed E-state index contributed by atoms with van der Waals surface area (Å²) in [5.74, 6) is -0.137. The van der Waals surface area contributed by atoms with E-state index in [-0.39, 0.29) is 11.0 Å². The molecule has 0 spiro atoms. The van der Waals surface area contributed by atoms with Gasteiger partial charge in [-0.2, -0.15) is 0 Å². The fourth-order valence-corrected chi connectivity index (χ4v) is 4.75. The van der Waals surface area contributed by atoms with Crippen molar-refractivity contribution >= 4 is 14.3 Å². The molecule has 276 valence electrons. The zero-order valence-electron chi connectivity index (χ0n) is 30.4. The van der Waals surface area contributed by atoms with Crippen LogP contribution in [0.2, 0.25) is 18.1 Å². The van der Waals surface area contributed by atoms with Crippen LogP contribution >= 0.6 is 0 Å². The van der Waals surface area contributed by atoms with Crippen molar-refractivity contribution < 1.29 is 51.9 Å². The fraction of sp³-hybridized carbons (Fsp3) is 0.971. The minimum Gasteiger partial charge on any atom is -0.463 e. The number of esters is 1. The maximum atomic E-state index is 11.7. The van der Waals surface area contributed by atoms with Crippen LogP contribution in [0.3, 0.4) is 0 Å². The van der Waals surface area contributed by atoms with Crippen molar-refractivity contribution in [3.8, 4) is 0 Å². The maximum absolute atomic E-state index is 11.7. The highest BCUT2D eigenvalue weighted by Crippen LogP contribution is 2.36. The highest BCUT2D eigenvalue weighted by Gasteiger charge is 2.36. The summed E-state index contributed by atoms with van der Waals surface area (Å²) >= 11 is 0. The first kappa shape index (κ1) is 45.3. The molecule has 0 aliphatic rings. The molecule has 0 aromatic heterocycles. The average Bonchev–Trinajstić information content (AvgIpc) is 3.01. The Balaban J connectivity index is 3.18. The van der Waals surface area contributed by atoms with Gasteiger partial charge in [-0.15, -0.1) is 0 Å². The van der Waals surface area contributed by atoms with Crippen LogP contribution in [0.1, 0.15) is 79.1 Å². The third-order valence-corrected chi connectivity index (χ3v) is 12.1. The molecule has 0 saturated carbocycles. The van der Waals surface area contributed by atoms with Crippen LogP contribution in [0.25, 0.3) is 0 Å². The van der Waals surface area contributed by atoms with Crippen molar-refractivity contribution in [3.05, 3.63) is 0 Å². The van der Waals surface area contributed by atoms with E-state index >= 15 is 0 Å². The van der Waals surface area contributed by atoms with E-state index in [2.05, 4.69) is 40.8 Å². The first-order chi connectivity index (χ1) is 22.2. The van der Waals surface area contributed by atoms with E-state index in [1.807, 2.05) is 0 Å². The van der Waals surface area contributed by atoms with Crippen molar-refractivity contribution in [1.29, 1.82) is 0 Å². The predicted octanol–water partition coefficient (Wildman–Crippen LogP) is 5.82. The third kappa shape index (κ3) is 31.9. The molecule has 0 fully saturated rings. The second-order valence-corrected chi connectivity index (χ2v) is 17.4. The van der Waals surface area contributed by atoms with Crippen LogP contribution in [-0.4, -0.2) is 133 Å². The summed E-state index contributed by atoms with van der Waals surface area (Å²) in [4.78, 5) is 11.7. The Labute approximate surface area is 282 Å². The number of unbranched alkanes of at least 4 members (excludes halogenated alkanes) is 6. The summed E-state index contributed by atoms with van der Waals surface area (Å²) < 4.78 is 55.2. The SMILES string of the molecule is CCCCCCCCCC(=O)OCCOCCOCCOCCOCCOCCOCCOCCOCCO[Si](C)(C)C(C)(C)C. The molecule has 0 amide bonds. The normalized spacial score (nSPS) is 12.2. The molecule has 0 saturated heterocycles. The van der Waals surface area contributed by atoms with Crippen molar-refractivity contribution in [2.24, 2.45) is 0 Å². The van der Waals surface area contributed by atoms with Gasteiger partial charge in [-0.1, -0.05) is 66.2 Å². The molecule has 0 aliphatic heterocycles. The van der Waals surface area contributed by atoms with E-state index in [1.165, 1.54) is 32.1 Å². The predicted molar refractivity (Wildman–Crippen MR) is 183 cm³/mol. The molecule has 0 aromatic carbocycles. The summed E-state index contributed by atoms with van der Waals surface area (Å²) in [7, 11) is -1.70. The van der Waals surface area contributed by atoms with Gasteiger partial charge in [0.15, 0.2) is 8.32 Å². The van der Waals surface area contributed by atoms with Crippen LogP contribution in [0.15, 0.2) is 0 Å². The molecule has 11 nitrogen and oxygen atoms in total. The molecule has 12 heteroatoms. The lowest BCUT2D eigenvalue weighted by atomic mass is 10.1. The number of carbonyl (C=O) groups excluding carboxylic acids is 1. The Morgan fingerprint density at radius 3 is 1.11 bits per heavy atom. The quantitative estimate of drug-likeness (QED) is 0.0453. The Bertz CT molecular complexity index is 647. The van der Waals surface area contributed by atoms with Crippen molar-refractivity contribution in [3.63, 3.8) is 0 Å². The van der Waals surface area contributed by atoms with Gasteiger partial charge in [-0.05, 0) is 24.6 Å². The molecule has 0 radical (unpaired) electrons. The number of rotatable bonds is 36. The van der Waals surface area contributed by atoms with E-state index in [0.29, 0.717) is 125 Å².